The zero-order chi connectivity index (χ0) is 14.5. The second kappa shape index (κ2) is 6.22. The van der Waals surface area contributed by atoms with Gasteiger partial charge in [0.25, 0.3) is 5.91 Å². The summed E-state index contributed by atoms with van der Waals surface area (Å²) in [4.78, 5) is 15.8. The minimum atomic E-state index is -0.114. The summed E-state index contributed by atoms with van der Waals surface area (Å²) in [7, 11) is 1.61. The number of hydrogen-bond donors (Lipinski definition) is 3. The number of nitrogens with one attached hydrogen (secondary N) is 2. The van der Waals surface area contributed by atoms with Gasteiger partial charge in [-0.2, -0.15) is 0 Å². The number of carbonyl (C=O) groups excluding carboxylic acids is 1. The Hall–Kier alpha value is -2.04. The minimum Gasteiger partial charge on any atom is -0.370 e. The molecule has 0 fully saturated rings. The lowest BCUT2D eigenvalue weighted by Gasteiger charge is -2.21. The van der Waals surface area contributed by atoms with Gasteiger partial charge in [0.2, 0.25) is 0 Å². The van der Waals surface area contributed by atoms with Gasteiger partial charge in [-0.1, -0.05) is 12.1 Å². The third-order valence-corrected chi connectivity index (χ3v) is 2.35. The molecule has 1 aromatic carbocycles. The molecule has 0 atom stereocenters. The van der Waals surface area contributed by atoms with Crippen LogP contribution < -0.4 is 16.4 Å². The average molecular weight is 262 g/mol. The molecule has 0 spiro atoms. The molecule has 1 aromatic rings. The Morgan fingerprint density at radius 2 is 2.05 bits per heavy atom. The third kappa shape index (κ3) is 5.42. The van der Waals surface area contributed by atoms with E-state index in [-0.39, 0.29) is 11.4 Å². The molecule has 4 N–H and O–H groups in total. The van der Waals surface area contributed by atoms with E-state index >= 15 is 0 Å². The van der Waals surface area contributed by atoms with Gasteiger partial charge < -0.3 is 16.4 Å². The number of amides is 1. The van der Waals surface area contributed by atoms with Crippen LogP contribution in [0.4, 0.5) is 0 Å². The molecule has 0 aliphatic carbocycles. The van der Waals surface area contributed by atoms with E-state index in [1.165, 1.54) is 0 Å². The van der Waals surface area contributed by atoms with Gasteiger partial charge in [-0.25, -0.2) is 4.99 Å². The van der Waals surface area contributed by atoms with Crippen LogP contribution in [0.2, 0.25) is 0 Å². The molecule has 104 valence electrons. The monoisotopic (exact) mass is 262 g/mol. The summed E-state index contributed by atoms with van der Waals surface area (Å²) in [6, 6.07) is 7.33. The van der Waals surface area contributed by atoms with Crippen LogP contribution in [-0.4, -0.2) is 24.5 Å². The van der Waals surface area contributed by atoms with Crippen LogP contribution in [0.5, 0.6) is 0 Å². The van der Waals surface area contributed by atoms with Crippen LogP contribution in [0.3, 0.4) is 0 Å². The maximum Gasteiger partial charge on any atom is 0.251 e. The van der Waals surface area contributed by atoms with E-state index < -0.39 is 0 Å². The van der Waals surface area contributed by atoms with Crippen LogP contribution in [0, 0.1) is 0 Å². The van der Waals surface area contributed by atoms with Crippen LogP contribution in [0.25, 0.3) is 0 Å². The van der Waals surface area contributed by atoms with Crippen LogP contribution >= 0.6 is 0 Å². The van der Waals surface area contributed by atoms with Gasteiger partial charge >= 0.3 is 0 Å². The summed E-state index contributed by atoms with van der Waals surface area (Å²) in [6.45, 7) is 6.49. The summed E-state index contributed by atoms with van der Waals surface area (Å²) in [5.74, 6) is 0.296. The van der Waals surface area contributed by atoms with Crippen molar-refractivity contribution in [3.8, 4) is 0 Å². The predicted octanol–water partition coefficient (Wildman–Crippen LogP) is 1.25. The number of benzene rings is 1. The molecule has 0 radical (unpaired) electrons. The molecule has 0 aliphatic heterocycles. The maximum absolute atomic E-state index is 11.5. The average Bonchev–Trinajstić information content (AvgIpc) is 2.34. The number of rotatable bonds is 3. The number of nitrogens with zero attached hydrogens (tertiary/aromatic N) is 1. The highest BCUT2D eigenvalue weighted by atomic mass is 16.1. The van der Waals surface area contributed by atoms with Gasteiger partial charge in [-0.3, -0.25) is 4.79 Å². The predicted molar refractivity (Wildman–Crippen MR) is 78.0 cm³/mol. The second-order valence-electron chi connectivity index (χ2n) is 5.36. The lowest BCUT2D eigenvalue weighted by atomic mass is 10.1. The van der Waals surface area contributed by atoms with E-state index in [0.29, 0.717) is 18.1 Å². The van der Waals surface area contributed by atoms with Crippen LogP contribution in [-0.2, 0) is 6.54 Å². The van der Waals surface area contributed by atoms with Gasteiger partial charge in [0.1, 0.15) is 0 Å². The molecule has 0 heterocycles. The smallest absolute Gasteiger partial charge is 0.251 e. The molecule has 0 unspecified atom stereocenters. The summed E-state index contributed by atoms with van der Waals surface area (Å²) in [5, 5.41) is 5.68. The first-order chi connectivity index (χ1) is 8.81. The second-order valence-corrected chi connectivity index (χ2v) is 5.36. The van der Waals surface area contributed by atoms with E-state index in [1.54, 1.807) is 13.1 Å². The number of guanidine groups is 1. The molecule has 1 amide bonds. The molecular formula is C14H22N4O. The molecule has 5 heteroatoms. The normalized spacial score (nSPS) is 12.1. The van der Waals surface area contributed by atoms with Crippen molar-refractivity contribution in [3.05, 3.63) is 35.4 Å². The van der Waals surface area contributed by atoms with E-state index in [2.05, 4.69) is 15.6 Å². The van der Waals surface area contributed by atoms with E-state index in [0.717, 1.165) is 5.56 Å². The van der Waals surface area contributed by atoms with Crippen LogP contribution in [0.15, 0.2) is 29.3 Å². The Labute approximate surface area is 114 Å². The van der Waals surface area contributed by atoms with Crippen molar-refractivity contribution < 1.29 is 4.79 Å². The highest BCUT2D eigenvalue weighted by Gasteiger charge is 2.09. The van der Waals surface area contributed by atoms with E-state index in [1.807, 2.05) is 39.0 Å². The molecule has 1 rings (SSSR count). The van der Waals surface area contributed by atoms with Gasteiger partial charge in [-0.05, 0) is 38.5 Å². The fourth-order valence-corrected chi connectivity index (χ4v) is 1.56. The molecule has 0 saturated heterocycles. The van der Waals surface area contributed by atoms with Gasteiger partial charge in [0.05, 0.1) is 6.54 Å². The third-order valence-electron chi connectivity index (χ3n) is 2.35. The maximum atomic E-state index is 11.5. The van der Waals surface area contributed by atoms with Crippen molar-refractivity contribution in [2.24, 2.45) is 10.7 Å². The van der Waals surface area contributed by atoms with Crippen LogP contribution in [0.1, 0.15) is 36.7 Å². The molecule has 0 aromatic heterocycles. The Morgan fingerprint density at radius 1 is 1.37 bits per heavy atom. The zero-order valence-electron chi connectivity index (χ0n) is 11.9. The Kier molecular flexibility index (Phi) is 4.92. The quantitative estimate of drug-likeness (QED) is 0.566. The lowest BCUT2D eigenvalue weighted by molar-refractivity contribution is 0.0963. The molecule has 0 aliphatic rings. The first-order valence-corrected chi connectivity index (χ1v) is 6.21. The summed E-state index contributed by atoms with van der Waals surface area (Å²) < 4.78 is 0. The highest BCUT2D eigenvalue weighted by Crippen LogP contribution is 2.06. The number of nitrogens with two attached hydrogens (primary N) is 1. The summed E-state index contributed by atoms with van der Waals surface area (Å²) in [6.07, 6.45) is 0. The van der Waals surface area contributed by atoms with Crippen molar-refractivity contribution in [1.82, 2.24) is 10.6 Å². The number of hydrogen-bond acceptors (Lipinski definition) is 2. The number of carbonyl (C=O) groups is 1. The minimum absolute atomic E-state index is 0.105. The molecule has 0 saturated carbocycles. The summed E-state index contributed by atoms with van der Waals surface area (Å²) in [5.41, 5.74) is 7.24. The van der Waals surface area contributed by atoms with Crippen molar-refractivity contribution in [3.63, 3.8) is 0 Å². The molecular weight excluding hydrogens is 240 g/mol. The SMILES string of the molecule is CNC(=O)c1cccc(CN=C(N)NC(C)(C)C)c1. The van der Waals surface area contributed by atoms with E-state index in [4.69, 9.17) is 5.73 Å². The van der Waals surface area contributed by atoms with E-state index in [9.17, 15) is 4.79 Å². The molecule has 5 nitrogen and oxygen atoms in total. The summed E-state index contributed by atoms with van der Waals surface area (Å²) >= 11 is 0. The lowest BCUT2D eigenvalue weighted by Crippen LogP contribution is -2.44. The largest absolute Gasteiger partial charge is 0.370 e. The fraction of sp³-hybridized carbons (Fsp3) is 0.429. The van der Waals surface area contributed by atoms with Crippen molar-refractivity contribution in [1.29, 1.82) is 0 Å². The topological polar surface area (TPSA) is 79.5 Å². The Balaban J connectivity index is 2.73. The fourth-order valence-electron chi connectivity index (χ4n) is 1.56. The standard InChI is InChI=1S/C14H22N4O/c1-14(2,3)18-13(15)17-9-10-6-5-7-11(8-10)12(19)16-4/h5-8H,9H2,1-4H3,(H,16,19)(H3,15,17,18). The first kappa shape index (κ1) is 15.0. The molecule has 19 heavy (non-hydrogen) atoms. The van der Waals surface area contributed by atoms with Gasteiger partial charge in [-0.15, -0.1) is 0 Å². The van der Waals surface area contributed by atoms with Gasteiger partial charge in [0.15, 0.2) is 5.96 Å². The Morgan fingerprint density at radius 3 is 2.63 bits per heavy atom. The number of aliphatic imine (C=N–C) groups is 1. The van der Waals surface area contributed by atoms with Gasteiger partial charge in [0, 0.05) is 18.2 Å². The van der Waals surface area contributed by atoms with Crippen molar-refractivity contribution >= 4 is 11.9 Å². The zero-order valence-corrected chi connectivity index (χ0v) is 11.9. The Bertz CT molecular complexity index is 475. The highest BCUT2D eigenvalue weighted by molar-refractivity contribution is 5.94. The molecule has 0 bridgehead atoms. The van der Waals surface area contributed by atoms with Crippen molar-refractivity contribution in [2.45, 2.75) is 32.9 Å². The first-order valence-electron chi connectivity index (χ1n) is 6.21. The van der Waals surface area contributed by atoms with Crippen molar-refractivity contribution in [2.75, 3.05) is 7.05 Å².